The zero-order valence-corrected chi connectivity index (χ0v) is 12.8. The van der Waals surface area contributed by atoms with Crippen molar-refractivity contribution >= 4 is 33.8 Å². The molecule has 3 rings (SSSR count). The van der Waals surface area contributed by atoms with Crippen molar-refractivity contribution in [3.8, 4) is 0 Å². The number of halogens is 1. The molecule has 0 aliphatic rings. The van der Waals surface area contributed by atoms with E-state index < -0.39 is 0 Å². The van der Waals surface area contributed by atoms with E-state index in [4.69, 9.17) is 11.6 Å². The normalized spacial score (nSPS) is 11.1. The van der Waals surface area contributed by atoms with Gasteiger partial charge in [0.25, 0.3) is 5.56 Å². The van der Waals surface area contributed by atoms with Crippen LogP contribution in [0.15, 0.2) is 40.5 Å². The summed E-state index contributed by atoms with van der Waals surface area (Å²) in [6.45, 7) is 1.38. The van der Waals surface area contributed by atoms with Crippen molar-refractivity contribution in [2.75, 3.05) is 6.54 Å². The van der Waals surface area contributed by atoms with E-state index in [1.54, 1.807) is 29.5 Å². The third kappa shape index (κ3) is 3.50. The fraction of sp³-hybridized carbons (Fsp3) is 0.200. The minimum absolute atomic E-state index is 0.133. The lowest BCUT2D eigenvalue weighted by Gasteiger charge is -2.05. The second kappa shape index (κ2) is 6.39. The zero-order chi connectivity index (χ0) is 14.7. The lowest BCUT2D eigenvalue weighted by Crippen LogP contribution is -2.21. The van der Waals surface area contributed by atoms with Gasteiger partial charge in [0, 0.05) is 16.4 Å². The van der Waals surface area contributed by atoms with Gasteiger partial charge in [0.1, 0.15) is 5.82 Å². The Morgan fingerprint density at radius 1 is 1.33 bits per heavy atom. The molecule has 0 saturated heterocycles. The first-order valence-corrected chi connectivity index (χ1v) is 7.90. The summed E-state index contributed by atoms with van der Waals surface area (Å²) in [7, 11) is 0. The molecule has 2 N–H and O–H groups in total. The molecule has 3 aromatic rings. The van der Waals surface area contributed by atoms with Crippen molar-refractivity contribution in [3.05, 3.63) is 61.8 Å². The van der Waals surface area contributed by atoms with Gasteiger partial charge < -0.3 is 10.3 Å². The van der Waals surface area contributed by atoms with Gasteiger partial charge in [0.15, 0.2) is 0 Å². The summed E-state index contributed by atoms with van der Waals surface area (Å²) >= 11 is 7.69. The third-order valence-corrected chi connectivity index (χ3v) is 4.31. The molecule has 0 radical (unpaired) electrons. The van der Waals surface area contributed by atoms with Crippen LogP contribution in [0.1, 0.15) is 10.7 Å². The van der Waals surface area contributed by atoms with Crippen molar-refractivity contribution in [1.82, 2.24) is 15.3 Å². The standard InChI is InChI=1S/C15H14ClN3OS/c16-10-3-4-12-13(8-10)18-14(19-15(12)20)9-17-6-5-11-2-1-7-21-11/h1-4,7-8,17H,5-6,9H2,(H,18,19,20). The molecular weight excluding hydrogens is 306 g/mol. The summed E-state index contributed by atoms with van der Waals surface area (Å²) in [6, 6.07) is 9.26. The van der Waals surface area contributed by atoms with E-state index in [1.807, 2.05) is 6.07 Å². The molecular formula is C15H14ClN3OS. The summed E-state index contributed by atoms with van der Waals surface area (Å²) in [6.07, 6.45) is 0.974. The smallest absolute Gasteiger partial charge is 0.258 e. The van der Waals surface area contributed by atoms with Gasteiger partial charge in [-0.2, -0.15) is 0 Å². The van der Waals surface area contributed by atoms with Gasteiger partial charge in [-0.25, -0.2) is 4.98 Å². The largest absolute Gasteiger partial charge is 0.310 e. The van der Waals surface area contributed by atoms with Crippen molar-refractivity contribution < 1.29 is 0 Å². The van der Waals surface area contributed by atoms with Crippen LogP contribution in [-0.2, 0) is 13.0 Å². The van der Waals surface area contributed by atoms with Crippen LogP contribution in [0.25, 0.3) is 10.9 Å². The first kappa shape index (κ1) is 14.3. The fourth-order valence-electron chi connectivity index (χ4n) is 2.12. The molecule has 0 unspecified atom stereocenters. The van der Waals surface area contributed by atoms with E-state index in [9.17, 15) is 4.79 Å². The molecule has 2 aromatic heterocycles. The number of aromatic amines is 1. The number of nitrogens with zero attached hydrogens (tertiary/aromatic N) is 1. The molecule has 0 atom stereocenters. The van der Waals surface area contributed by atoms with E-state index in [-0.39, 0.29) is 5.56 Å². The van der Waals surface area contributed by atoms with Crippen LogP contribution in [0.5, 0.6) is 0 Å². The van der Waals surface area contributed by atoms with Crippen molar-refractivity contribution in [2.24, 2.45) is 0 Å². The molecule has 0 spiro atoms. The SMILES string of the molecule is O=c1[nH]c(CNCCc2cccs2)nc2cc(Cl)ccc12. The van der Waals surface area contributed by atoms with Crippen LogP contribution >= 0.6 is 22.9 Å². The van der Waals surface area contributed by atoms with Crippen LogP contribution in [0.2, 0.25) is 5.02 Å². The Balaban J connectivity index is 1.68. The van der Waals surface area contributed by atoms with Crippen molar-refractivity contribution in [2.45, 2.75) is 13.0 Å². The summed E-state index contributed by atoms with van der Waals surface area (Å²) in [5.74, 6) is 0.626. The Morgan fingerprint density at radius 3 is 3.05 bits per heavy atom. The van der Waals surface area contributed by atoms with Gasteiger partial charge in [-0.05, 0) is 36.1 Å². The minimum atomic E-state index is -0.133. The van der Waals surface area contributed by atoms with Gasteiger partial charge in [0.2, 0.25) is 0 Å². The Labute approximate surface area is 130 Å². The molecule has 0 saturated carbocycles. The second-order valence-electron chi connectivity index (χ2n) is 4.68. The number of hydrogen-bond donors (Lipinski definition) is 2. The molecule has 2 heterocycles. The highest BCUT2D eigenvalue weighted by Gasteiger charge is 2.04. The first-order valence-electron chi connectivity index (χ1n) is 6.64. The number of nitrogens with one attached hydrogen (secondary N) is 2. The summed E-state index contributed by atoms with van der Waals surface area (Å²) in [5, 5.41) is 6.50. The van der Waals surface area contributed by atoms with Gasteiger partial charge in [-0.3, -0.25) is 4.79 Å². The maximum atomic E-state index is 12.0. The number of benzene rings is 1. The van der Waals surface area contributed by atoms with E-state index in [1.165, 1.54) is 4.88 Å². The van der Waals surface area contributed by atoms with E-state index >= 15 is 0 Å². The number of aromatic nitrogens is 2. The molecule has 21 heavy (non-hydrogen) atoms. The maximum Gasteiger partial charge on any atom is 0.258 e. The van der Waals surface area contributed by atoms with Gasteiger partial charge in [0.05, 0.1) is 17.4 Å². The molecule has 1 aromatic carbocycles. The molecule has 0 aliphatic carbocycles. The lowest BCUT2D eigenvalue weighted by atomic mass is 10.2. The highest BCUT2D eigenvalue weighted by molar-refractivity contribution is 7.09. The van der Waals surface area contributed by atoms with E-state index in [0.29, 0.717) is 28.3 Å². The zero-order valence-electron chi connectivity index (χ0n) is 11.2. The Kier molecular flexibility index (Phi) is 4.34. The lowest BCUT2D eigenvalue weighted by molar-refractivity contribution is 0.663. The fourth-order valence-corrected chi connectivity index (χ4v) is 2.99. The van der Waals surface area contributed by atoms with Crippen LogP contribution in [0.3, 0.4) is 0 Å². The number of H-pyrrole nitrogens is 1. The van der Waals surface area contributed by atoms with Crippen molar-refractivity contribution in [1.29, 1.82) is 0 Å². The molecule has 0 bridgehead atoms. The first-order chi connectivity index (χ1) is 10.2. The summed E-state index contributed by atoms with van der Waals surface area (Å²) in [4.78, 5) is 20.5. The van der Waals surface area contributed by atoms with Crippen molar-refractivity contribution in [3.63, 3.8) is 0 Å². The molecule has 0 aliphatic heterocycles. The monoisotopic (exact) mass is 319 g/mol. The van der Waals surface area contributed by atoms with Gasteiger partial charge >= 0.3 is 0 Å². The third-order valence-electron chi connectivity index (χ3n) is 3.14. The minimum Gasteiger partial charge on any atom is -0.310 e. The molecule has 0 fully saturated rings. The average molecular weight is 320 g/mol. The Bertz CT molecular complexity index is 798. The average Bonchev–Trinajstić information content (AvgIpc) is 2.96. The van der Waals surface area contributed by atoms with Gasteiger partial charge in [-0.15, -0.1) is 11.3 Å². The van der Waals surface area contributed by atoms with Crippen LogP contribution in [0.4, 0.5) is 0 Å². The van der Waals surface area contributed by atoms with E-state index in [2.05, 4.69) is 26.7 Å². The molecule has 6 heteroatoms. The highest BCUT2D eigenvalue weighted by atomic mass is 35.5. The highest BCUT2D eigenvalue weighted by Crippen LogP contribution is 2.14. The summed E-state index contributed by atoms with van der Waals surface area (Å²) < 4.78 is 0. The predicted molar refractivity (Wildman–Crippen MR) is 87.1 cm³/mol. The van der Waals surface area contributed by atoms with Crippen LogP contribution < -0.4 is 10.9 Å². The predicted octanol–water partition coefficient (Wildman–Crippen LogP) is 2.97. The second-order valence-corrected chi connectivity index (χ2v) is 6.15. The number of hydrogen-bond acceptors (Lipinski definition) is 4. The number of fused-ring (bicyclic) bond motifs is 1. The van der Waals surface area contributed by atoms with Gasteiger partial charge in [-0.1, -0.05) is 17.7 Å². The summed E-state index contributed by atoms with van der Waals surface area (Å²) in [5.41, 5.74) is 0.494. The maximum absolute atomic E-state index is 12.0. The quantitative estimate of drug-likeness (QED) is 0.711. The Hall–Kier alpha value is -1.69. The molecule has 108 valence electrons. The number of thiophene rings is 1. The number of rotatable bonds is 5. The van der Waals surface area contributed by atoms with Crippen LogP contribution in [0, 0.1) is 0 Å². The Morgan fingerprint density at radius 2 is 2.24 bits per heavy atom. The topological polar surface area (TPSA) is 57.8 Å². The van der Waals surface area contributed by atoms with E-state index in [0.717, 1.165) is 13.0 Å². The molecule has 0 amide bonds. The van der Waals surface area contributed by atoms with Crippen LogP contribution in [-0.4, -0.2) is 16.5 Å². The molecule has 4 nitrogen and oxygen atoms in total.